The number of nitrogens with zero attached hydrogens (tertiary/aromatic N) is 1. The Kier molecular flexibility index (Phi) is 5.18. The van der Waals surface area contributed by atoms with Crippen LogP contribution in [0.1, 0.15) is 0 Å². The van der Waals surface area contributed by atoms with Crippen LogP contribution >= 0.6 is 11.8 Å². The lowest BCUT2D eigenvalue weighted by atomic mass is 10.2. The third-order valence-corrected chi connectivity index (χ3v) is 4.62. The number of carbonyl (C=O) groups is 1. The van der Waals surface area contributed by atoms with E-state index in [1.54, 1.807) is 4.90 Å². The summed E-state index contributed by atoms with van der Waals surface area (Å²) in [5.74, 6) is 0.332. The van der Waals surface area contributed by atoms with Gasteiger partial charge >= 0.3 is 0 Å². The second-order valence-electron chi connectivity index (χ2n) is 5.23. The van der Waals surface area contributed by atoms with Gasteiger partial charge in [0.1, 0.15) is 0 Å². The Balaban J connectivity index is 1.83. The van der Waals surface area contributed by atoms with Gasteiger partial charge < -0.3 is 5.73 Å². The number of nitrogen functional groups attached to an aromatic ring is 1. The second-order valence-corrected chi connectivity index (χ2v) is 6.24. The fourth-order valence-electron chi connectivity index (χ4n) is 2.41. The summed E-state index contributed by atoms with van der Waals surface area (Å²) in [6, 6.07) is 27.0. The molecule has 0 aliphatic rings. The molecule has 120 valence electrons. The molecule has 0 aliphatic carbocycles. The topological polar surface area (TPSA) is 46.3 Å². The van der Waals surface area contributed by atoms with Crippen LogP contribution in [0.2, 0.25) is 0 Å². The van der Waals surface area contributed by atoms with E-state index in [-0.39, 0.29) is 5.91 Å². The van der Waals surface area contributed by atoms with Gasteiger partial charge in [-0.3, -0.25) is 9.69 Å². The first-order chi connectivity index (χ1) is 11.8. The Morgan fingerprint density at radius 2 is 1.29 bits per heavy atom. The Morgan fingerprint density at radius 1 is 0.792 bits per heavy atom. The quantitative estimate of drug-likeness (QED) is 0.542. The number of anilines is 3. The van der Waals surface area contributed by atoms with Crippen LogP contribution in [0, 0.1) is 0 Å². The Morgan fingerprint density at radius 3 is 1.83 bits per heavy atom. The van der Waals surface area contributed by atoms with Crippen LogP contribution in [0.4, 0.5) is 17.1 Å². The number of nitrogens with two attached hydrogens (primary N) is 1. The van der Waals surface area contributed by atoms with Gasteiger partial charge in [-0.2, -0.15) is 0 Å². The van der Waals surface area contributed by atoms with Gasteiger partial charge in [0.05, 0.1) is 5.75 Å². The van der Waals surface area contributed by atoms with Crippen molar-refractivity contribution in [3.8, 4) is 0 Å². The Labute approximate surface area is 146 Å². The van der Waals surface area contributed by atoms with E-state index in [0.717, 1.165) is 16.3 Å². The number of thioether (sulfide) groups is 1. The van der Waals surface area contributed by atoms with Gasteiger partial charge in [0, 0.05) is 22.0 Å². The van der Waals surface area contributed by atoms with E-state index in [9.17, 15) is 4.79 Å². The normalized spacial score (nSPS) is 10.3. The minimum Gasteiger partial charge on any atom is -0.398 e. The highest BCUT2D eigenvalue weighted by molar-refractivity contribution is 8.00. The molecule has 0 bridgehead atoms. The van der Waals surface area contributed by atoms with E-state index < -0.39 is 0 Å². The van der Waals surface area contributed by atoms with Crippen molar-refractivity contribution in [1.82, 2.24) is 0 Å². The maximum Gasteiger partial charge on any atom is 0.241 e. The molecule has 0 fully saturated rings. The first kappa shape index (κ1) is 16.1. The highest BCUT2D eigenvalue weighted by Crippen LogP contribution is 2.29. The maximum atomic E-state index is 12.9. The minimum atomic E-state index is 0.0145. The zero-order chi connectivity index (χ0) is 16.8. The fraction of sp³-hybridized carbons (Fsp3) is 0.0500. The maximum absolute atomic E-state index is 12.9. The van der Waals surface area contributed by atoms with Crippen molar-refractivity contribution in [3.05, 3.63) is 84.9 Å². The first-order valence-corrected chi connectivity index (χ1v) is 8.64. The molecule has 0 saturated heterocycles. The van der Waals surface area contributed by atoms with Crippen LogP contribution in [0.25, 0.3) is 0 Å². The largest absolute Gasteiger partial charge is 0.398 e. The van der Waals surface area contributed by atoms with Gasteiger partial charge in [-0.15, -0.1) is 11.8 Å². The van der Waals surface area contributed by atoms with Crippen LogP contribution in [0.5, 0.6) is 0 Å². The highest BCUT2D eigenvalue weighted by atomic mass is 32.2. The molecular weight excluding hydrogens is 316 g/mol. The standard InChI is InChI=1S/C20H18N2OS/c21-18-13-7-8-14-19(18)24-15-20(23)22(16-9-3-1-4-10-16)17-11-5-2-6-12-17/h1-14H,15,21H2. The summed E-state index contributed by atoms with van der Waals surface area (Å²) >= 11 is 1.46. The molecule has 2 N–H and O–H groups in total. The fourth-order valence-corrected chi connectivity index (χ4v) is 3.22. The summed E-state index contributed by atoms with van der Waals surface area (Å²) in [5, 5.41) is 0. The highest BCUT2D eigenvalue weighted by Gasteiger charge is 2.18. The van der Waals surface area contributed by atoms with E-state index in [1.165, 1.54) is 11.8 Å². The molecule has 3 rings (SSSR count). The first-order valence-electron chi connectivity index (χ1n) is 7.66. The van der Waals surface area contributed by atoms with Gasteiger partial charge in [-0.05, 0) is 36.4 Å². The summed E-state index contributed by atoms with van der Waals surface area (Å²) < 4.78 is 0. The molecule has 0 radical (unpaired) electrons. The molecular formula is C20H18N2OS. The van der Waals surface area contributed by atoms with Gasteiger partial charge in [-0.25, -0.2) is 0 Å². The number of amides is 1. The number of benzene rings is 3. The van der Waals surface area contributed by atoms with Gasteiger partial charge in [-0.1, -0.05) is 48.5 Å². The number of hydrogen-bond donors (Lipinski definition) is 1. The molecule has 3 nitrogen and oxygen atoms in total. The van der Waals surface area contributed by atoms with E-state index in [2.05, 4.69) is 0 Å². The molecule has 3 aromatic carbocycles. The molecule has 4 heteroatoms. The molecule has 0 aromatic heterocycles. The molecule has 0 saturated carbocycles. The number of hydrogen-bond acceptors (Lipinski definition) is 3. The Hall–Kier alpha value is -2.72. The van der Waals surface area contributed by atoms with Crippen molar-refractivity contribution in [2.24, 2.45) is 0 Å². The summed E-state index contributed by atoms with van der Waals surface area (Å²) in [6.45, 7) is 0. The molecule has 0 atom stereocenters. The SMILES string of the molecule is Nc1ccccc1SCC(=O)N(c1ccccc1)c1ccccc1. The van der Waals surface area contributed by atoms with Gasteiger partial charge in [0.2, 0.25) is 5.91 Å². The monoisotopic (exact) mass is 334 g/mol. The van der Waals surface area contributed by atoms with Crippen LogP contribution in [-0.4, -0.2) is 11.7 Å². The summed E-state index contributed by atoms with van der Waals surface area (Å²) in [6.07, 6.45) is 0. The van der Waals surface area contributed by atoms with E-state index in [1.807, 2.05) is 84.9 Å². The van der Waals surface area contributed by atoms with Crippen LogP contribution in [0.3, 0.4) is 0 Å². The lowest BCUT2D eigenvalue weighted by Crippen LogP contribution is -2.27. The van der Waals surface area contributed by atoms with Crippen molar-refractivity contribution in [3.63, 3.8) is 0 Å². The van der Waals surface area contributed by atoms with Crippen LogP contribution < -0.4 is 10.6 Å². The van der Waals surface area contributed by atoms with Crippen molar-refractivity contribution in [1.29, 1.82) is 0 Å². The molecule has 3 aromatic rings. The molecule has 0 aliphatic heterocycles. The molecule has 0 unspecified atom stereocenters. The molecule has 0 heterocycles. The lowest BCUT2D eigenvalue weighted by Gasteiger charge is -2.23. The smallest absolute Gasteiger partial charge is 0.241 e. The third kappa shape index (κ3) is 3.78. The Bertz CT molecular complexity index is 767. The predicted octanol–water partition coefficient (Wildman–Crippen LogP) is 4.73. The predicted molar refractivity (Wildman–Crippen MR) is 102 cm³/mol. The summed E-state index contributed by atoms with van der Waals surface area (Å²) in [7, 11) is 0. The molecule has 24 heavy (non-hydrogen) atoms. The average Bonchev–Trinajstić information content (AvgIpc) is 2.63. The van der Waals surface area contributed by atoms with Crippen molar-refractivity contribution in [2.75, 3.05) is 16.4 Å². The van der Waals surface area contributed by atoms with Crippen molar-refractivity contribution < 1.29 is 4.79 Å². The molecule has 0 spiro atoms. The zero-order valence-corrected chi connectivity index (χ0v) is 13.9. The average molecular weight is 334 g/mol. The van der Waals surface area contributed by atoms with E-state index in [4.69, 9.17) is 5.73 Å². The summed E-state index contributed by atoms with van der Waals surface area (Å²) in [4.78, 5) is 15.6. The van der Waals surface area contributed by atoms with Gasteiger partial charge in [0.15, 0.2) is 0 Å². The zero-order valence-electron chi connectivity index (χ0n) is 13.1. The van der Waals surface area contributed by atoms with E-state index >= 15 is 0 Å². The number of rotatable bonds is 5. The van der Waals surface area contributed by atoms with Crippen LogP contribution in [0.15, 0.2) is 89.8 Å². The minimum absolute atomic E-state index is 0.0145. The molecule has 1 amide bonds. The van der Waals surface area contributed by atoms with Crippen molar-refractivity contribution in [2.45, 2.75) is 4.90 Å². The number of para-hydroxylation sites is 3. The van der Waals surface area contributed by atoms with E-state index in [0.29, 0.717) is 11.4 Å². The van der Waals surface area contributed by atoms with Crippen LogP contribution in [-0.2, 0) is 4.79 Å². The van der Waals surface area contributed by atoms with Crippen molar-refractivity contribution >= 4 is 34.7 Å². The lowest BCUT2D eigenvalue weighted by molar-refractivity contribution is -0.115. The third-order valence-electron chi connectivity index (χ3n) is 3.55. The second kappa shape index (κ2) is 7.70. The van der Waals surface area contributed by atoms with Gasteiger partial charge in [0.25, 0.3) is 0 Å². The number of carbonyl (C=O) groups excluding carboxylic acids is 1. The summed E-state index contributed by atoms with van der Waals surface area (Å²) in [5.41, 5.74) is 8.37.